The molecular weight excluding hydrogens is 128 g/mol. The summed E-state index contributed by atoms with van der Waals surface area (Å²) in [7, 11) is 3.41. The Morgan fingerprint density at radius 1 is 1.20 bits per heavy atom. The van der Waals surface area contributed by atoms with Crippen molar-refractivity contribution in [2.45, 2.75) is 33.3 Å². The van der Waals surface area contributed by atoms with Crippen molar-refractivity contribution in [2.75, 3.05) is 20.8 Å². The van der Waals surface area contributed by atoms with Crippen molar-refractivity contribution in [3.8, 4) is 0 Å². The summed E-state index contributed by atoms with van der Waals surface area (Å²) in [6.45, 7) is 6.81. The van der Waals surface area contributed by atoms with Gasteiger partial charge in [-0.1, -0.05) is 13.8 Å². The second-order valence-corrected chi connectivity index (χ2v) is 1.83. The van der Waals surface area contributed by atoms with Gasteiger partial charge in [0.1, 0.15) is 0 Å². The lowest BCUT2D eigenvalue weighted by Gasteiger charge is -2.06. The molecule has 0 aromatic heterocycles. The van der Waals surface area contributed by atoms with Gasteiger partial charge in [0.25, 0.3) is 0 Å². The van der Waals surface area contributed by atoms with E-state index in [4.69, 9.17) is 9.47 Å². The quantitative estimate of drug-likeness (QED) is 0.607. The van der Waals surface area contributed by atoms with Crippen LogP contribution in [0.25, 0.3) is 0 Å². The van der Waals surface area contributed by atoms with Gasteiger partial charge in [-0.25, -0.2) is 0 Å². The lowest BCUT2D eigenvalue weighted by molar-refractivity contribution is 0.0789. The molecule has 0 saturated heterocycles. The highest BCUT2D eigenvalue weighted by atomic mass is 16.5. The smallest absolute Gasteiger partial charge is 0.0565 e. The maximum Gasteiger partial charge on any atom is 0.0565 e. The maximum absolute atomic E-state index is 4.97. The molecule has 0 amide bonds. The lowest BCUT2D eigenvalue weighted by atomic mass is 10.3. The Morgan fingerprint density at radius 2 is 1.70 bits per heavy atom. The van der Waals surface area contributed by atoms with Crippen molar-refractivity contribution in [1.29, 1.82) is 0 Å². The predicted octanol–water partition coefficient (Wildman–Crippen LogP) is 2.08. The van der Waals surface area contributed by atoms with Gasteiger partial charge in [-0.15, -0.1) is 0 Å². The first kappa shape index (κ1) is 12.6. The van der Waals surface area contributed by atoms with E-state index in [1.54, 1.807) is 14.2 Å². The van der Waals surface area contributed by atoms with Crippen LogP contribution < -0.4 is 0 Å². The molecule has 0 rings (SSSR count). The fraction of sp³-hybridized carbons (Fsp3) is 1.00. The minimum atomic E-state index is 0.329. The van der Waals surface area contributed by atoms with Crippen LogP contribution in [0.15, 0.2) is 0 Å². The third-order valence-corrected chi connectivity index (χ3v) is 1.13. The van der Waals surface area contributed by atoms with Gasteiger partial charge in [0.15, 0.2) is 0 Å². The molecule has 0 N–H and O–H groups in total. The minimum absolute atomic E-state index is 0.329. The van der Waals surface area contributed by atoms with E-state index in [1.165, 1.54) is 0 Å². The molecule has 0 aromatic carbocycles. The molecule has 0 aliphatic heterocycles. The Kier molecular flexibility index (Phi) is 14.7. The summed E-state index contributed by atoms with van der Waals surface area (Å²) in [6, 6.07) is 0. The summed E-state index contributed by atoms with van der Waals surface area (Å²) in [5, 5.41) is 0. The van der Waals surface area contributed by atoms with Crippen molar-refractivity contribution >= 4 is 0 Å². The zero-order valence-electron chi connectivity index (χ0n) is 7.81. The molecule has 0 aliphatic carbocycles. The van der Waals surface area contributed by atoms with E-state index in [9.17, 15) is 0 Å². The van der Waals surface area contributed by atoms with Crippen molar-refractivity contribution in [3.63, 3.8) is 0 Å². The van der Waals surface area contributed by atoms with E-state index < -0.39 is 0 Å². The van der Waals surface area contributed by atoms with E-state index in [2.05, 4.69) is 0 Å². The molecule has 0 fully saturated rings. The van der Waals surface area contributed by atoms with Gasteiger partial charge in [-0.05, 0) is 13.3 Å². The standard InChI is InChI=1S/C6H14O2.C2H6/c1-6(8-3)4-5-7-2;1-2/h6H,4-5H2,1-3H3;1-2H3. The highest BCUT2D eigenvalue weighted by Crippen LogP contribution is 1.93. The highest BCUT2D eigenvalue weighted by Gasteiger charge is 1.95. The summed E-state index contributed by atoms with van der Waals surface area (Å²) in [6.07, 6.45) is 1.31. The van der Waals surface area contributed by atoms with Crippen LogP contribution in [0.3, 0.4) is 0 Å². The molecule has 0 radical (unpaired) electrons. The molecule has 0 spiro atoms. The SMILES string of the molecule is CC.COCCC(C)OC. The van der Waals surface area contributed by atoms with E-state index in [0.717, 1.165) is 13.0 Å². The van der Waals surface area contributed by atoms with Gasteiger partial charge in [0.05, 0.1) is 6.10 Å². The van der Waals surface area contributed by atoms with Crippen LogP contribution in [-0.4, -0.2) is 26.9 Å². The largest absolute Gasteiger partial charge is 0.385 e. The average molecular weight is 148 g/mol. The molecule has 0 aromatic rings. The Balaban J connectivity index is 0. The minimum Gasteiger partial charge on any atom is -0.385 e. The molecule has 64 valence electrons. The van der Waals surface area contributed by atoms with Gasteiger partial charge in [0.2, 0.25) is 0 Å². The molecule has 10 heavy (non-hydrogen) atoms. The first-order chi connectivity index (χ1) is 4.81. The fourth-order valence-corrected chi connectivity index (χ4v) is 0.402. The van der Waals surface area contributed by atoms with E-state index in [-0.39, 0.29) is 0 Å². The number of hydrogen-bond acceptors (Lipinski definition) is 2. The predicted molar refractivity (Wildman–Crippen MR) is 44.3 cm³/mol. The van der Waals surface area contributed by atoms with Crippen LogP contribution in [0.4, 0.5) is 0 Å². The van der Waals surface area contributed by atoms with Crippen LogP contribution in [0.5, 0.6) is 0 Å². The third-order valence-electron chi connectivity index (χ3n) is 1.13. The average Bonchev–Trinajstić information content (AvgIpc) is 2.04. The van der Waals surface area contributed by atoms with Crippen LogP contribution >= 0.6 is 0 Å². The highest BCUT2D eigenvalue weighted by molar-refractivity contribution is 4.45. The van der Waals surface area contributed by atoms with Crippen LogP contribution in [-0.2, 0) is 9.47 Å². The van der Waals surface area contributed by atoms with Gasteiger partial charge >= 0.3 is 0 Å². The van der Waals surface area contributed by atoms with Crippen LogP contribution in [0.2, 0.25) is 0 Å². The Bertz CT molecular complexity index is 46.5. The Hall–Kier alpha value is -0.0800. The zero-order valence-corrected chi connectivity index (χ0v) is 7.81. The second kappa shape index (κ2) is 11.7. The summed E-state index contributed by atoms with van der Waals surface area (Å²) < 4.78 is 9.81. The van der Waals surface area contributed by atoms with Crippen LogP contribution in [0.1, 0.15) is 27.2 Å². The number of methoxy groups -OCH3 is 2. The van der Waals surface area contributed by atoms with Crippen LogP contribution in [0, 0.1) is 0 Å². The maximum atomic E-state index is 4.97. The van der Waals surface area contributed by atoms with Crippen molar-refractivity contribution in [1.82, 2.24) is 0 Å². The topological polar surface area (TPSA) is 18.5 Å². The van der Waals surface area contributed by atoms with Gasteiger partial charge in [0, 0.05) is 20.8 Å². The monoisotopic (exact) mass is 148 g/mol. The number of ether oxygens (including phenoxy) is 2. The molecule has 1 atom stereocenters. The van der Waals surface area contributed by atoms with Gasteiger partial charge in [-0.3, -0.25) is 0 Å². The molecule has 0 aliphatic rings. The summed E-state index contributed by atoms with van der Waals surface area (Å²) in [5.74, 6) is 0. The molecule has 0 saturated carbocycles. The molecule has 1 unspecified atom stereocenters. The Morgan fingerprint density at radius 3 is 2.00 bits per heavy atom. The fourth-order valence-electron chi connectivity index (χ4n) is 0.402. The van der Waals surface area contributed by atoms with Crippen molar-refractivity contribution < 1.29 is 9.47 Å². The molecule has 2 nitrogen and oxygen atoms in total. The molecular formula is C8H20O2. The van der Waals surface area contributed by atoms with Crippen molar-refractivity contribution in [2.24, 2.45) is 0 Å². The first-order valence-electron chi connectivity index (χ1n) is 3.83. The molecule has 0 heterocycles. The lowest BCUT2D eigenvalue weighted by Crippen LogP contribution is -2.07. The Labute approximate surface area is 64.5 Å². The third kappa shape index (κ3) is 10.8. The van der Waals surface area contributed by atoms with Crippen molar-refractivity contribution in [3.05, 3.63) is 0 Å². The van der Waals surface area contributed by atoms with E-state index >= 15 is 0 Å². The number of hydrogen-bond donors (Lipinski definition) is 0. The normalized spacial score (nSPS) is 11.7. The van der Waals surface area contributed by atoms with E-state index in [1.807, 2.05) is 20.8 Å². The van der Waals surface area contributed by atoms with E-state index in [0.29, 0.717) is 6.10 Å². The molecule has 2 heteroatoms. The zero-order chi connectivity index (χ0) is 8.41. The second-order valence-electron chi connectivity index (χ2n) is 1.83. The van der Waals surface area contributed by atoms with Gasteiger partial charge in [-0.2, -0.15) is 0 Å². The molecule has 0 bridgehead atoms. The first-order valence-corrected chi connectivity index (χ1v) is 3.83. The summed E-state index contributed by atoms with van der Waals surface area (Å²) >= 11 is 0. The number of rotatable bonds is 4. The summed E-state index contributed by atoms with van der Waals surface area (Å²) in [4.78, 5) is 0. The van der Waals surface area contributed by atoms with Gasteiger partial charge < -0.3 is 9.47 Å². The summed E-state index contributed by atoms with van der Waals surface area (Å²) in [5.41, 5.74) is 0.